The molecule has 8 nitrogen and oxygen atoms in total. The van der Waals surface area contributed by atoms with Crippen LogP contribution in [0.3, 0.4) is 0 Å². The molecule has 0 aromatic heterocycles. The maximum atomic E-state index is 13.2. The summed E-state index contributed by atoms with van der Waals surface area (Å²) in [5, 5.41) is 31.7. The van der Waals surface area contributed by atoms with Crippen molar-refractivity contribution in [1.29, 1.82) is 0 Å². The quantitative estimate of drug-likeness (QED) is 0.200. The van der Waals surface area contributed by atoms with Crippen LogP contribution in [0, 0.1) is 24.0 Å². The zero-order chi connectivity index (χ0) is 23.9. The van der Waals surface area contributed by atoms with Gasteiger partial charge in [-0.25, -0.2) is 0 Å². The average Bonchev–Trinajstić information content (AvgIpc) is 3.04. The molecule has 0 bridgehead atoms. The molecule has 1 unspecified atom stereocenters. The maximum Gasteiger partial charge on any atom is 0.300 e. The van der Waals surface area contributed by atoms with Gasteiger partial charge in [-0.1, -0.05) is 18.2 Å². The van der Waals surface area contributed by atoms with Crippen LogP contribution in [0.1, 0.15) is 28.3 Å². The molecule has 1 amide bonds. The molecule has 166 valence electrons. The van der Waals surface area contributed by atoms with E-state index in [0.717, 1.165) is 11.1 Å². The van der Waals surface area contributed by atoms with Crippen molar-refractivity contribution in [2.45, 2.75) is 19.9 Å². The average molecular weight is 444 g/mol. The summed E-state index contributed by atoms with van der Waals surface area (Å²) in [5.74, 6) is -2.10. The van der Waals surface area contributed by atoms with E-state index in [1.165, 1.54) is 41.3 Å². The van der Waals surface area contributed by atoms with Crippen molar-refractivity contribution in [3.8, 4) is 5.75 Å². The molecule has 1 heterocycles. The van der Waals surface area contributed by atoms with Crippen molar-refractivity contribution in [2.75, 3.05) is 4.90 Å². The van der Waals surface area contributed by atoms with Crippen molar-refractivity contribution < 1.29 is 24.7 Å². The molecule has 8 heteroatoms. The first-order chi connectivity index (χ1) is 15.7. The molecule has 33 heavy (non-hydrogen) atoms. The van der Waals surface area contributed by atoms with Gasteiger partial charge in [0.2, 0.25) is 0 Å². The second kappa shape index (κ2) is 8.23. The number of carbonyl (C=O) groups excluding carboxylic acids is 2. The van der Waals surface area contributed by atoms with Gasteiger partial charge < -0.3 is 10.2 Å². The first-order valence-corrected chi connectivity index (χ1v) is 10.1. The molecule has 4 rings (SSSR count). The van der Waals surface area contributed by atoms with Gasteiger partial charge in [-0.2, -0.15) is 0 Å². The van der Waals surface area contributed by atoms with E-state index in [1.807, 2.05) is 19.9 Å². The lowest BCUT2D eigenvalue weighted by Gasteiger charge is -2.26. The number of rotatable bonds is 4. The summed E-state index contributed by atoms with van der Waals surface area (Å²) >= 11 is 0. The number of nitro groups is 1. The molecule has 1 aliphatic heterocycles. The summed E-state index contributed by atoms with van der Waals surface area (Å²) in [7, 11) is 0. The third kappa shape index (κ3) is 3.94. The molecule has 0 spiro atoms. The Balaban J connectivity index is 1.93. The molecule has 3 aromatic rings. The largest absolute Gasteiger partial charge is 0.508 e. The first kappa shape index (κ1) is 21.8. The van der Waals surface area contributed by atoms with Gasteiger partial charge in [0.1, 0.15) is 11.5 Å². The van der Waals surface area contributed by atoms with Crippen LogP contribution in [0.2, 0.25) is 0 Å². The number of benzene rings is 3. The van der Waals surface area contributed by atoms with Crippen LogP contribution in [-0.4, -0.2) is 26.8 Å². The van der Waals surface area contributed by atoms with Gasteiger partial charge in [-0.3, -0.25) is 24.6 Å². The molecule has 0 aliphatic carbocycles. The van der Waals surface area contributed by atoms with Gasteiger partial charge in [0.15, 0.2) is 0 Å². The Morgan fingerprint density at radius 3 is 2.06 bits per heavy atom. The van der Waals surface area contributed by atoms with Gasteiger partial charge >= 0.3 is 0 Å². The lowest BCUT2D eigenvalue weighted by molar-refractivity contribution is -0.384. The molecular weight excluding hydrogens is 424 g/mol. The number of ketones is 1. The number of amides is 1. The Morgan fingerprint density at radius 2 is 1.52 bits per heavy atom. The Morgan fingerprint density at radius 1 is 0.939 bits per heavy atom. The number of Topliss-reactive ketones (excluding diaryl/α,β-unsaturated/α-hetero) is 1. The number of aryl methyl sites for hydroxylation is 2. The van der Waals surface area contributed by atoms with E-state index < -0.39 is 28.4 Å². The third-order valence-corrected chi connectivity index (χ3v) is 5.49. The van der Waals surface area contributed by atoms with Crippen molar-refractivity contribution in [3.63, 3.8) is 0 Å². The lowest BCUT2D eigenvalue weighted by atomic mass is 9.95. The SMILES string of the molecule is Cc1cc(C)cc(N2C(=O)C(=O)/C(=C(\O)c3ccc([N+](=O)[O-])cc3)C2c2ccc(O)cc2)c1. The molecule has 0 saturated carbocycles. The molecule has 1 fully saturated rings. The Hall–Kier alpha value is -4.46. The molecule has 1 saturated heterocycles. The topological polar surface area (TPSA) is 121 Å². The second-order valence-electron chi connectivity index (χ2n) is 7.91. The normalized spacial score (nSPS) is 17.4. The van der Waals surface area contributed by atoms with E-state index in [0.29, 0.717) is 11.3 Å². The van der Waals surface area contributed by atoms with E-state index in [4.69, 9.17) is 0 Å². The molecule has 0 radical (unpaired) electrons. The zero-order valence-electron chi connectivity index (χ0n) is 17.9. The van der Waals surface area contributed by atoms with Gasteiger partial charge in [-0.15, -0.1) is 0 Å². The number of carbonyl (C=O) groups is 2. The van der Waals surface area contributed by atoms with Crippen LogP contribution in [0.25, 0.3) is 5.76 Å². The van der Waals surface area contributed by atoms with E-state index in [9.17, 15) is 29.9 Å². The standard InChI is InChI=1S/C25H20N2O6/c1-14-11-15(2)13-19(12-14)26-22(16-5-9-20(28)10-6-16)21(24(30)25(26)31)23(29)17-3-7-18(8-4-17)27(32)33/h3-13,22,28-29H,1-2H3/b23-21-. The smallest absolute Gasteiger partial charge is 0.300 e. The minimum absolute atomic E-state index is 0.0115. The molecule has 3 aromatic carbocycles. The minimum Gasteiger partial charge on any atom is -0.508 e. The van der Waals surface area contributed by atoms with Crippen LogP contribution in [-0.2, 0) is 9.59 Å². The van der Waals surface area contributed by atoms with E-state index in [1.54, 1.807) is 24.3 Å². The van der Waals surface area contributed by atoms with Gasteiger partial charge in [0, 0.05) is 23.4 Å². The fraction of sp³-hybridized carbons (Fsp3) is 0.120. The summed E-state index contributed by atoms with van der Waals surface area (Å²) in [6.45, 7) is 3.75. The highest BCUT2D eigenvalue weighted by Gasteiger charge is 2.47. The molecule has 2 N–H and O–H groups in total. The predicted molar refractivity (Wildman–Crippen MR) is 122 cm³/mol. The van der Waals surface area contributed by atoms with Gasteiger partial charge in [0.05, 0.1) is 16.5 Å². The Labute approximate surface area is 189 Å². The number of anilines is 1. The number of nitrogens with zero attached hydrogens (tertiary/aromatic N) is 2. The summed E-state index contributed by atoms with van der Waals surface area (Å²) in [6, 6.07) is 15.6. The highest BCUT2D eigenvalue weighted by molar-refractivity contribution is 6.51. The number of non-ortho nitro benzene ring substituents is 1. The van der Waals surface area contributed by atoms with Gasteiger partial charge in [0.25, 0.3) is 17.4 Å². The highest BCUT2D eigenvalue weighted by Crippen LogP contribution is 2.43. The van der Waals surface area contributed by atoms with Crippen LogP contribution in [0.15, 0.2) is 72.3 Å². The van der Waals surface area contributed by atoms with Crippen molar-refractivity contribution in [1.82, 2.24) is 0 Å². The minimum atomic E-state index is -0.956. The second-order valence-corrected chi connectivity index (χ2v) is 7.91. The number of aliphatic hydroxyl groups is 1. The lowest BCUT2D eigenvalue weighted by Crippen LogP contribution is -2.29. The summed E-state index contributed by atoms with van der Waals surface area (Å²) < 4.78 is 0. The molecule has 1 atom stereocenters. The maximum absolute atomic E-state index is 13.2. The van der Waals surface area contributed by atoms with Crippen LogP contribution in [0.5, 0.6) is 5.75 Å². The predicted octanol–water partition coefficient (Wildman–Crippen LogP) is 4.54. The number of aromatic hydroxyl groups is 1. The summed E-state index contributed by atoms with van der Waals surface area (Å²) in [4.78, 5) is 38.0. The van der Waals surface area contributed by atoms with Crippen LogP contribution >= 0.6 is 0 Å². The van der Waals surface area contributed by atoms with E-state index >= 15 is 0 Å². The monoisotopic (exact) mass is 444 g/mol. The van der Waals surface area contributed by atoms with Crippen molar-refractivity contribution in [3.05, 3.63) is 105 Å². The summed E-state index contributed by atoms with van der Waals surface area (Å²) in [6.07, 6.45) is 0. The van der Waals surface area contributed by atoms with Crippen LogP contribution < -0.4 is 4.90 Å². The number of hydrogen-bond acceptors (Lipinski definition) is 6. The van der Waals surface area contributed by atoms with Crippen molar-refractivity contribution in [2.24, 2.45) is 0 Å². The van der Waals surface area contributed by atoms with Crippen LogP contribution in [0.4, 0.5) is 11.4 Å². The Kier molecular flexibility index (Phi) is 5.43. The first-order valence-electron chi connectivity index (χ1n) is 10.1. The van der Waals surface area contributed by atoms with Crippen molar-refractivity contribution >= 4 is 28.8 Å². The number of nitro benzene ring substituents is 1. The number of phenolic OH excluding ortho intramolecular Hbond substituents is 1. The number of hydrogen-bond donors (Lipinski definition) is 2. The third-order valence-electron chi connectivity index (χ3n) is 5.49. The van der Waals surface area contributed by atoms with E-state index in [2.05, 4.69) is 0 Å². The zero-order valence-corrected chi connectivity index (χ0v) is 17.9. The Bertz CT molecular complexity index is 1290. The summed E-state index contributed by atoms with van der Waals surface area (Å²) in [5.41, 5.74) is 2.65. The fourth-order valence-corrected chi connectivity index (χ4v) is 4.06. The van der Waals surface area contributed by atoms with E-state index in [-0.39, 0.29) is 22.6 Å². The fourth-order valence-electron chi connectivity index (χ4n) is 4.06. The number of phenols is 1. The molecule has 1 aliphatic rings. The highest BCUT2D eigenvalue weighted by atomic mass is 16.6. The number of aliphatic hydroxyl groups excluding tert-OH is 1. The molecular formula is C25H20N2O6. The van der Waals surface area contributed by atoms with Gasteiger partial charge in [-0.05, 0) is 66.9 Å².